The van der Waals surface area contributed by atoms with E-state index in [2.05, 4.69) is 25.1 Å². The van der Waals surface area contributed by atoms with Crippen LogP contribution in [0.2, 0.25) is 0 Å². The Morgan fingerprint density at radius 2 is 2.15 bits per heavy atom. The highest BCUT2D eigenvalue weighted by Gasteiger charge is 2.26. The molecule has 0 aliphatic rings. The monoisotopic (exact) mass is 183 g/mol. The number of hydrogen-bond donors (Lipinski definition) is 1. The lowest BCUT2D eigenvalue weighted by Crippen LogP contribution is -2.46. The van der Waals surface area contributed by atoms with Gasteiger partial charge in [0.2, 0.25) is 0 Å². The fourth-order valence-electron chi connectivity index (χ4n) is 1.39. The Morgan fingerprint density at radius 3 is 2.54 bits per heavy atom. The second kappa shape index (κ2) is 6.01. The van der Waals surface area contributed by atoms with Crippen LogP contribution in [-0.2, 0) is 4.74 Å². The molecule has 0 bridgehead atoms. The van der Waals surface area contributed by atoms with Crippen LogP contribution in [0, 0.1) is 12.3 Å². The van der Waals surface area contributed by atoms with Crippen molar-refractivity contribution in [2.75, 3.05) is 14.2 Å². The van der Waals surface area contributed by atoms with Crippen molar-refractivity contribution >= 4 is 0 Å². The van der Waals surface area contributed by atoms with Crippen molar-refractivity contribution in [1.29, 1.82) is 0 Å². The van der Waals surface area contributed by atoms with E-state index in [-0.39, 0.29) is 5.60 Å². The van der Waals surface area contributed by atoms with Crippen molar-refractivity contribution in [1.82, 2.24) is 5.32 Å². The quantitative estimate of drug-likeness (QED) is 0.501. The minimum absolute atomic E-state index is 0.122. The normalized spacial score (nSPS) is 13.8. The molecule has 13 heavy (non-hydrogen) atoms. The van der Waals surface area contributed by atoms with Crippen LogP contribution in [0.1, 0.15) is 33.1 Å². The summed E-state index contributed by atoms with van der Waals surface area (Å²) in [4.78, 5) is 0. The fourth-order valence-corrected chi connectivity index (χ4v) is 1.39. The Balaban J connectivity index is 3.96. The second-order valence-corrected chi connectivity index (χ2v) is 3.75. The lowest BCUT2D eigenvalue weighted by Gasteiger charge is -2.32. The average molecular weight is 183 g/mol. The lowest BCUT2D eigenvalue weighted by atomic mass is 9.94. The van der Waals surface area contributed by atoms with Crippen molar-refractivity contribution in [2.45, 2.75) is 44.8 Å². The largest absolute Gasteiger partial charge is 0.377 e. The summed E-state index contributed by atoms with van der Waals surface area (Å²) in [6.07, 6.45) is 8.15. The van der Waals surface area contributed by atoms with Gasteiger partial charge in [0.05, 0.1) is 5.60 Å². The number of hydrogen-bond acceptors (Lipinski definition) is 2. The van der Waals surface area contributed by atoms with Gasteiger partial charge in [-0.3, -0.25) is 0 Å². The first-order valence-electron chi connectivity index (χ1n) is 4.74. The van der Waals surface area contributed by atoms with E-state index in [1.165, 1.54) is 0 Å². The Bertz CT molecular complexity index is 169. The summed E-state index contributed by atoms with van der Waals surface area (Å²) in [6, 6.07) is 0.367. The van der Waals surface area contributed by atoms with E-state index >= 15 is 0 Å². The van der Waals surface area contributed by atoms with Crippen LogP contribution in [0.3, 0.4) is 0 Å². The molecule has 2 heteroatoms. The Hall–Kier alpha value is -0.520. The maximum atomic E-state index is 5.41. The van der Waals surface area contributed by atoms with Crippen LogP contribution in [0.25, 0.3) is 0 Å². The zero-order valence-corrected chi connectivity index (χ0v) is 9.18. The third-order valence-corrected chi connectivity index (χ3v) is 2.53. The van der Waals surface area contributed by atoms with Crippen molar-refractivity contribution < 1.29 is 4.74 Å². The molecule has 0 radical (unpaired) electrons. The summed E-state index contributed by atoms with van der Waals surface area (Å²) < 4.78 is 5.41. The van der Waals surface area contributed by atoms with Gasteiger partial charge in [-0.2, -0.15) is 0 Å². The zero-order valence-electron chi connectivity index (χ0n) is 9.18. The standard InChI is InChI=1S/C11H21NO/c1-6-7-8-9-10(12-4)11(2,3)13-5/h1,10,12H,7-9H2,2-5H3. The number of likely N-dealkylation sites (N-methyl/N-ethyl adjacent to an activating group) is 1. The van der Waals surface area contributed by atoms with Gasteiger partial charge < -0.3 is 10.1 Å². The van der Waals surface area contributed by atoms with E-state index in [0.717, 1.165) is 19.3 Å². The van der Waals surface area contributed by atoms with E-state index in [9.17, 15) is 0 Å². The lowest BCUT2D eigenvalue weighted by molar-refractivity contribution is -0.0108. The highest BCUT2D eigenvalue weighted by Crippen LogP contribution is 2.18. The van der Waals surface area contributed by atoms with Gasteiger partial charge in [0, 0.05) is 19.6 Å². The molecule has 1 atom stereocenters. The molecule has 0 aromatic rings. The summed E-state index contributed by atoms with van der Waals surface area (Å²) >= 11 is 0. The molecular formula is C11H21NO. The van der Waals surface area contributed by atoms with Crippen LogP contribution >= 0.6 is 0 Å². The first-order chi connectivity index (χ1) is 6.08. The first-order valence-corrected chi connectivity index (χ1v) is 4.74. The molecule has 0 saturated carbocycles. The maximum absolute atomic E-state index is 5.41. The molecular weight excluding hydrogens is 162 g/mol. The first kappa shape index (κ1) is 12.5. The van der Waals surface area contributed by atoms with Crippen LogP contribution in [0.4, 0.5) is 0 Å². The van der Waals surface area contributed by atoms with Crippen LogP contribution in [-0.4, -0.2) is 25.8 Å². The minimum Gasteiger partial charge on any atom is -0.377 e. The SMILES string of the molecule is C#CCCCC(NC)C(C)(C)OC. The van der Waals surface area contributed by atoms with Gasteiger partial charge in [0.15, 0.2) is 0 Å². The molecule has 76 valence electrons. The number of terminal acetylenes is 1. The van der Waals surface area contributed by atoms with E-state index in [0.29, 0.717) is 6.04 Å². The summed E-state index contributed by atoms with van der Waals surface area (Å²) in [5.41, 5.74) is -0.122. The molecule has 0 spiro atoms. The summed E-state index contributed by atoms with van der Waals surface area (Å²) in [6.45, 7) is 4.17. The molecule has 0 rings (SSSR count). The molecule has 0 saturated heterocycles. The Labute approximate surface area is 82.1 Å². The summed E-state index contributed by atoms with van der Waals surface area (Å²) in [5.74, 6) is 2.65. The third kappa shape index (κ3) is 4.31. The summed E-state index contributed by atoms with van der Waals surface area (Å²) in [5, 5.41) is 3.26. The fraction of sp³-hybridized carbons (Fsp3) is 0.818. The molecule has 0 heterocycles. The predicted octanol–water partition coefficient (Wildman–Crippen LogP) is 1.80. The third-order valence-electron chi connectivity index (χ3n) is 2.53. The van der Waals surface area contributed by atoms with E-state index in [4.69, 9.17) is 11.2 Å². The smallest absolute Gasteiger partial charge is 0.0774 e. The van der Waals surface area contributed by atoms with Gasteiger partial charge in [-0.15, -0.1) is 12.3 Å². The molecule has 1 unspecified atom stereocenters. The number of methoxy groups -OCH3 is 1. The number of ether oxygens (including phenoxy) is 1. The Morgan fingerprint density at radius 1 is 1.54 bits per heavy atom. The van der Waals surface area contributed by atoms with Crippen molar-refractivity contribution in [3.8, 4) is 12.3 Å². The number of unbranched alkanes of at least 4 members (excludes halogenated alkanes) is 1. The van der Waals surface area contributed by atoms with Crippen LogP contribution in [0.15, 0.2) is 0 Å². The van der Waals surface area contributed by atoms with Gasteiger partial charge in [-0.05, 0) is 33.7 Å². The summed E-state index contributed by atoms with van der Waals surface area (Å²) in [7, 11) is 3.70. The Kier molecular flexibility index (Phi) is 5.77. The van der Waals surface area contributed by atoms with Gasteiger partial charge in [0.1, 0.15) is 0 Å². The van der Waals surface area contributed by atoms with E-state index < -0.39 is 0 Å². The van der Waals surface area contributed by atoms with Gasteiger partial charge in [-0.1, -0.05) is 0 Å². The predicted molar refractivity (Wildman–Crippen MR) is 56.6 cm³/mol. The topological polar surface area (TPSA) is 21.3 Å². The minimum atomic E-state index is -0.122. The molecule has 1 N–H and O–H groups in total. The molecule has 2 nitrogen and oxygen atoms in total. The van der Waals surface area contributed by atoms with Crippen molar-refractivity contribution in [2.24, 2.45) is 0 Å². The van der Waals surface area contributed by atoms with E-state index in [1.807, 2.05) is 7.05 Å². The van der Waals surface area contributed by atoms with Crippen LogP contribution < -0.4 is 5.32 Å². The van der Waals surface area contributed by atoms with Gasteiger partial charge in [-0.25, -0.2) is 0 Å². The maximum Gasteiger partial charge on any atom is 0.0774 e. The van der Waals surface area contributed by atoms with Gasteiger partial charge >= 0.3 is 0 Å². The molecule has 0 amide bonds. The molecule has 0 aromatic heterocycles. The zero-order chi connectivity index (χ0) is 10.3. The highest BCUT2D eigenvalue weighted by molar-refractivity contribution is 4.88. The molecule has 0 aliphatic heterocycles. The number of nitrogens with one attached hydrogen (secondary N) is 1. The molecule has 0 aliphatic carbocycles. The van der Waals surface area contributed by atoms with Crippen LogP contribution in [0.5, 0.6) is 0 Å². The molecule has 0 fully saturated rings. The van der Waals surface area contributed by atoms with Crippen molar-refractivity contribution in [3.63, 3.8) is 0 Å². The molecule has 0 aromatic carbocycles. The van der Waals surface area contributed by atoms with Crippen molar-refractivity contribution in [3.05, 3.63) is 0 Å². The second-order valence-electron chi connectivity index (χ2n) is 3.75. The highest BCUT2D eigenvalue weighted by atomic mass is 16.5. The average Bonchev–Trinajstić information content (AvgIpc) is 2.12. The van der Waals surface area contributed by atoms with E-state index in [1.54, 1.807) is 7.11 Å². The number of rotatable bonds is 6. The van der Waals surface area contributed by atoms with Gasteiger partial charge in [0.25, 0.3) is 0 Å².